The van der Waals surface area contributed by atoms with Crippen LogP contribution in [0.4, 0.5) is 5.69 Å². The van der Waals surface area contributed by atoms with Crippen LogP contribution in [0.15, 0.2) is 12.3 Å². The van der Waals surface area contributed by atoms with Gasteiger partial charge in [0, 0.05) is 31.6 Å². The first-order valence-electron chi connectivity index (χ1n) is 6.37. The number of hydrogen-bond donors (Lipinski definition) is 2. The maximum atomic E-state index is 12.5. The molecule has 7 nitrogen and oxygen atoms in total. The van der Waals surface area contributed by atoms with Gasteiger partial charge in [0.25, 0.3) is 5.91 Å². The van der Waals surface area contributed by atoms with E-state index in [4.69, 9.17) is 10.5 Å². The van der Waals surface area contributed by atoms with Gasteiger partial charge in [-0.3, -0.25) is 4.79 Å². The third-order valence-electron chi connectivity index (χ3n) is 3.38. The number of nitrogen functional groups attached to an aromatic ring is 1. The molecule has 0 radical (unpaired) electrons. The molecule has 0 spiro atoms. The van der Waals surface area contributed by atoms with Gasteiger partial charge in [-0.1, -0.05) is 0 Å². The molecule has 2 rings (SSSR count). The number of amides is 1. The molecule has 0 saturated carbocycles. The lowest BCUT2D eigenvalue weighted by Gasteiger charge is -2.27. The molecule has 3 N–H and O–H groups in total. The Bertz CT molecular complexity index is 581. The van der Waals surface area contributed by atoms with Crippen molar-refractivity contribution in [3.05, 3.63) is 18.0 Å². The summed E-state index contributed by atoms with van der Waals surface area (Å²) in [5.74, 6) is -0.110. The zero-order valence-corrected chi connectivity index (χ0v) is 12.1. The summed E-state index contributed by atoms with van der Waals surface area (Å²) in [5, 5.41) is 0. The van der Waals surface area contributed by atoms with Crippen LogP contribution in [0.1, 0.15) is 16.9 Å². The Hall–Kier alpha value is -1.54. The summed E-state index contributed by atoms with van der Waals surface area (Å²) < 4.78 is 28.2. The Kier molecular flexibility index (Phi) is 4.34. The van der Waals surface area contributed by atoms with Crippen molar-refractivity contribution in [2.45, 2.75) is 12.5 Å². The number of H-pyrrole nitrogens is 1. The molecule has 1 unspecified atom stereocenters. The molecule has 0 aromatic carbocycles. The van der Waals surface area contributed by atoms with Gasteiger partial charge in [-0.05, 0) is 12.5 Å². The van der Waals surface area contributed by atoms with Crippen molar-refractivity contribution >= 4 is 21.4 Å². The Morgan fingerprint density at radius 2 is 2.35 bits per heavy atom. The minimum Gasteiger partial charge on any atom is -0.397 e. The minimum absolute atomic E-state index is 0.0125. The molecule has 0 aliphatic carbocycles. The standard InChI is InChI=1S/C12H19N3O4S/c1-19-4-3-15(10-2-5-20(17,18)8-10)12(16)11-6-9(13)7-14-11/h6-7,10,14H,2-5,8,13H2,1H3. The van der Waals surface area contributed by atoms with Crippen molar-refractivity contribution < 1.29 is 17.9 Å². The van der Waals surface area contributed by atoms with Crippen LogP contribution in [-0.4, -0.2) is 62.0 Å². The van der Waals surface area contributed by atoms with E-state index in [0.717, 1.165) is 0 Å². The first-order valence-corrected chi connectivity index (χ1v) is 8.19. The van der Waals surface area contributed by atoms with Crippen molar-refractivity contribution in [2.75, 3.05) is 37.5 Å². The number of aromatic nitrogens is 1. The van der Waals surface area contributed by atoms with Gasteiger partial charge in [0.2, 0.25) is 0 Å². The van der Waals surface area contributed by atoms with E-state index >= 15 is 0 Å². The maximum Gasteiger partial charge on any atom is 0.270 e. The number of sulfone groups is 1. The first-order chi connectivity index (χ1) is 9.43. The van der Waals surface area contributed by atoms with Crippen LogP contribution < -0.4 is 5.73 Å². The lowest BCUT2D eigenvalue weighted by atomic mass is 10.2. The van der Waals surface area contributed by atoms with E-state index in [0.29, 0.717) is 31.0 Å². The molecule has 112 valence electrons. The Balaban J connectivity index is 2.17. The highest BCUT2D eigenvalue weighted by Crippen LogP contribution is 2.20. The number of nitrogens with one attached hydrogen (secondary N) is 1. The Morgan fingerprint density at radius 3 is 2.85 bits per heavy atom. The van der Waals surface area contributed by atoms with Crippen LogP contribution in [0, 0.1) is 0 Å². The normalized spacial score (nSPS) is 20.9. The first kappa shape index (κ1) is 14.9. The molecule has 1 aromatic heterocycles. The summed E-state index contributed by atoms with van der Waals surface area (Å²) in [6.07, 6.45) is 2.00. The van der Waals surface area contributed by atoms with Crippen molar-refractivity contribution in [1.82, 2.24) is 9.88 Å². The quantitative estimate of drug-likeness (QED) is 0.788. The SMILES string of the molecule is COCCN(C(=O)c1cc(N)c[nH]1)C1CCS(=O)(=O)C1. The van der Waals surface area contributed by atoms with Crippen LogP contribution >= 0.6 is 0 Å². The topological polar surface area (TPSA) is 105 Å². The second-order valence-electron chi connectivity index (χ2n) is 4.89. The van der Waals surface area contributed by atoms with E-state index in [2.05, 4.69) is 4.98 Å². The van der Waals surface area contributed by atoms with E-state index in [1.54, 1.807) is 18.1 Å². The number of ether oxygens (including phenoxy) is 1. The number of hydrogen-bond acceptors (Lipinski definition) is 5. The number of anilines is 1. The highest BCUT2D eigenvalue weighted by atomic mass is 32.2. The largest absolute Gasteiger partial charge is 0.397 e. The van der Waals surface area contributed by atoms with E-state index in [1.807, 2.05) is 0 Å². The molecule has 1 aliphatic heterocycles. The van der Waals surface area contributed by atoms with Crippen LogP contribution in [-0.2, 0) is 14.6 Å². The fraction of sp³-hybridized carbons (Fsp3) is 0.583. The molecule has 1 fully saturated rings. The summed E-state index contributed by atoms with van der Waals surface area (Å²) >= 11 is 0. The summed E-state index contributed by atoms with van der Waals surface area (Å²) in [7, 11) is -1.50. The number of carbonyl (C=O) groups excluding carboxylic acids is 1. The monoisotopic (exact) mass is 301 g/mol. The van der Waals surface area contributed by atoms with E-state index in [1.165, 1.54) is 6.20 Å². The Morgan fingerprint density at radius 1 is 1.60 bits per heavy atom. The number of carbonyl (C=O) groups is 1. The highest BCUT2D eigenvalue weighted by molar-refractivity contribution is 7.91. The van der Waals surface area contributed by atoms with E-state index in [-0.39, 0.29) is 23.5 Å². The molecular weight excluding hydrogens is 282 g/mol. The van der Waals surface area contributed by atoms with Gasteiger partial charge in [0.05, 0.1) is 18.1 Å². The van der Waals surface area contributed by atoms with Gasteiger partial charge in [0.1, 0.15) is 5.69 Å². The van der Waals surface area contributed by atoms with Crippen molar-refractivity contribution in [3.8, 4) is 0 Å². The van der Waals surface area contributed by atoms with Crippen molar-refractivity contribution in [1.29, 1.82) is 0 Å². The molecule has 1 aromatic rings. The fourth-order valence-electron chi connectivity index (χ4n) is 2.35. The average molecular weight is 301 g/mol. The Labute approximate surface area is 118 Å². The number of aromatic amines is 1. The highest BCUT2D eigenvalue weighted by Gasteiger charge is 2.35. The molecule has 1 amide bonds. The van der Waals surface area contributed by atoms with Gasteiger partial charge < -0.3 is 20.4 Å². The summed E-state index contributed by atoms with van der Waals surface area (Å²) in [5.41, 5.74) is 6.43. The molecule has 20 heavy (non-hydrogen) atoms. The van der Waals surface area contributed by atoms with Gasteiger partial charge in [0.15, 0.2) is 9.84 Å². The second-order valence-corrected chi connectivity index (χ2v) is 7.12. The van der Waals surface area contributed by atoms with Crippen molar-refractivity contribution in [3.63, 3.8) is 0 Å². The summed E-state index contributed by atoms with van der Waals surface area (Å²) in [6, 6.07) is 1.25. The van der Waals surface area contributed by atoms with E-state index in [9.17, 15) is 13.2 Å². The predicted molar refractivity (Wildman–Crippen MR) is 75.2 cm³/mol. The maximum absolute atomic E-state index is 12.5. The minimum atomic E-state index is -3.05. The predicted octanol–water partition coefficient (Wildman–Crippen LogP) is -0.127. The molecule has 1 atom stereocenters. The third-order valence-corrected chi connectivity index (χ3v) is 5.13. The van der Waals surface area contributed by atoms with E-state index < -0.39 is 9.84 Å². The smallest absolute Gasteiger partial charge is 0.270 e. The lowest BCUT2D eigenvalue weighted by molar-refractivity contribution is 0.0619. The van der Waals surface area contributed by atoms with Crippen LogP contribution in [0.3, 0.4) is 0 Å². The second kappa shape index (κ2) is 5.84. The molecular formula is C12H19N3O4S. The van der Waals surface area contributed by atoms with Gasteiger partial charge in [-0.2, -0.15) is 0 Å². The molecule has 8 heteroatoms. The van der Waals surface area contributed by atoms with Crippen LogP contribution in [0.2, 0.25) is 0 Å². The zero-order chi connectivity index (χ0) is 14.8. The van der Waals surface area contributed by atoms with Crippen molar-refractivity contribution in [2.24, 2.45) is 0 Å². The summed E-state index contributed by atoms with van der Waals surface area (Å²) in [4.78, 5) is 16.8. The van der Waals surface area contributed by atoms with Crippen LogP contribution in [0.25, 0.3) is 0 Å². The molecule has 0 bridgehead atoms. The molecule has 1 saturated heterocycles. The lowest BCUT2D eigenvalue weighted by Crippen LogP contribution is -2.43. The summed E-state index contributed by atoms with van der Waals surface area (Å²) in [6.45, 7) is 0.715. The zero-order valence-electron chi connectivity index (χ0n) is 11.3. The number of rotatable bonds is 5. The number of nitrogens with two attached hydrogens (primary N) is 1. The third kappa shape index (κ3) is 3.31. The van der Waals surface area contributed by atoms with Crippen LogP contribution in [0.5, 0.6) is 0 Å². The van der Waals surface area contributed by atoms with Gasteiger partial charge in [-0.15, -0.1) is 0 Å². The molecule has 2 heterocycles. The van der Waals surface area contributed by atoms with Gasteiger partial charge in [-0.25, -0.2) is 8.42 Å². The average Bonchev–Trinajstić information content (AvgIpc) is 2.96. The van der Waals surface area contributed by atoms with Gasteiger partial charge >= 0.3 is 0 Å². The fourth-order valence-corrected chi connectivity index (χ4v) is 4.08. The number of methoxy groups -OCH3 is 1. The molecule has 1 aliphatic rings. The number of nitrogens with zero attached hydrogens (tertiary/aromatic N) is 1.